The van der Waals surface area contributed by atoms with Gasteiger partial charge in [0, 0.05) is 18.0 Å². The summed E-state index contributed by atoms with van der Waals surface area (Å²) in [6, 6.07) is 5.39. The molecule has 35 heavy (non-hydrogen) atoms. The lowest BCUT2D eigenvalue weighted by Crippen LogP contribution is -2.39. The number of aryl methyl sites for hydroxylation is 1. The second-order valence-corrected chi connectivity index (χ2v) is 9.80. The van der Waals surface area contributed by atoms with E-state index in [1.165, 1.54) is 12.4 Å². The van der Waals surface area contributed by atoms with E-state index in [-0.39, 0.29) is 35.5 Å². The van der Waals surface area contributed by atoms with Gasteiger partial charge in [-0.3, -0.25) is 0 Å². The standard InChI is InChI=1S/C24H29FN4O3.O2S/c1-14-4-6-19(18(25)10-14)28-21-15(2)22(27-13-26-21)31-12-16-11-17-5-7-20(16)29(17)23(30)32-24(3)8-9-24;1-3-2/h4,6,10,13,16-17,20H,5,7-9,11-12H2,1-3H3,(H,26,27,28);. The highest BCUT2D eigenvalue weighted by Crippen LogP contribution is 2.45. The number of amides is 1. The van der Waals surface area contributed by atoms with Gasteiger partial charge in [0.1, 0.15) is 23.6 Å². The zero-order valence-electron chi connectivity index (χ0n) is 20.0. The van der Waals surface area contributed by atoms with E-state index in [0.29, 0.717) is 29.6 Å². The van der Waals surface area contributed by atoms with Crippen molar-refractivity contribution < 1.29 is 27.1 Å². The van der Waals surface area contributed by atoms with Crippen molar-refractivity contribution in [3.63, 3.8) is 0 Å². The van der Waals surface area contributed by atoms with Crippen molar-refractivity contribution in [3.05, 3.63) is 41.5 Å². The quantitative estimate of drug-likeness (QED) is 0.622. The summed E-state index contributed by atoms with van der Waals surface area (Å²) in [6.45, 7) is 6.16. The average Bonchev–Trinajstić information content (AvgIpc) is 3.25. The Bertz CT molecular complexity index is 1140. The SMILES string of the molecule is Cc1ccc(Nc2ncnc(OCC3CC4CCC3N4C(=O)OC3(C)CC3)c2C)c(F)c1.O=S=O. The van der Waals surface area contributed by atoms with Gasteiger partial charge in [0.15, 0.2) is 0 Å². The van der Waals surface area contributed by atoms with Crippen molar-refractivity contribution in [1.82, 2.24) is 14.9 Å². The molecule has 5 rings (SSSR count). The number of carbonyl (C=O) groups is 1. The van der Waals surface area contributed by atoms with Gasteiger partial charge in [-0.05, 0) is 70.6 Å². The summed E-state index contributed by atoms with van der Waals surface area (Å²) in [7, 11) is 0. The van der Waals surface area contributed by atoms with Crippen molar-refractivity contribution in [3.8, 4) is 5.88 Å². The molecule has 0 radical (unpaired) electrons. The van der Waals surface area contributed by atoms with Crippen LogP contribution in [-0.4, -0.2) is 53.7 Å². The maximum absolute atomic E-state index is 14.2. The van der Waals surface area contributed by atoms with Gasteiger partial charge in [-0.15, -0.1) is 0 Å². The van der Waals surface area contributed by atoms with Crippen molar-refractivity contribution >= 4 is 29.2 Å². The minimum atomic E-state index is -0.750. The number of rotatable bonds is 6. The molecule has 1 aromatic heterocycles. The van der Waals surface area contributed by atoms with Crippen molar-refractivity contribution in [2.24, 2.45) is 5.92 Å². The number of hydrogen-bond donors (Lipinski definition) is 1. The largest absolute Gasteiger partial charge is 0.477 e. The summed E-state index contributed by atoms with van der Waals surface area (Å²) in [5, 5.41) is 3.04. The third kappa shape index (κ3) is 5.61. The molecule has 2 aromatic rings. The Hall–Kier alpha value is -3.08. The van der Waals surface area contributed by atoms with Crippen LogP contribution in [0.15, 0.2) is 24.5 Å². The zero-order chi connectivity index (χ0) is 25.2. The lowest BCUT2D eigenvalue weighted by atomic mass is 9.90. The molecule has 2 saturated heterocycles. The predicted molar refractivity (Wildman–Crippen MR) is 126 cm³/mol. The molecule has 2 aliphatic heterocycles. The Morgan fingerprint density at radius 3 is 2.69 bits per heavy atom. The second-order valence-electron chi connectivity index (χ2n) is 9.66. The molecule has 1 saturated carbocycles. The molecule has 3 aliphatic rings. The van der Waals surface area contributed by atoms with Crippen LogP contribution >= 0.6 is 0 Å². The second kappa shape index (κ2) is 10.3. The lowest BCUT2D eigenvalue weighted by molar-refractivity contribution is 0.0515. The number of benzene rings is 1. The normalized spacial score (nSPS) is 23.2. The molecule has 1 amide bonds. The Kier molecular flexibility index (Phi) is 7.34. The van der Waals surface area contributed by atoms with E-state index in [9.17, 15) is 9.18 Å². The van der Waals surface area contributed by atoms with Gasteiger partial charge in [0.2, 0.25) is 5.88 Å². The highest BCUT2D eigenvalue weighted by atomic mass is 32.1. The molecular weight excluding hydrogens is 475 g/mol. The first-order valence-corrected chi connectivity index (χ1v) is 12.3. The maximum atomic E-state index is 14.2. The number of anilines is 2. The summed E-state index contributed by atoms with van der Waals surface area (Å²) in [5.74, 6) is 0.888. The van der Waals surface area contributed by atoms with Crippen LogP contribution in [0.25, 0.3) is 0 Å². The maximum Gasteiger partial charge on any atom is 0.410 e. The third-order valence-corrected chi connectivity index (χ3v) is 7.01. The van der Waals surface area contributed by atoms with Gasteiger partial charge in [-0.1, -0.05) is 6.07 Å². The van der Waals surface area contributed by atoms with Crippen LogP contribution in [-0.2, 0) is 16.3 Å². The summed E-state index contributed by atoms with van der Waals surface area (Å²) in [4.78, 5) is 23.2. The summed E-state index contributed by atoms with van der Waals surface area (Å²) < 4.78 is 42.6. The van der Waals surface area contributed by atoms with Crippen molar-refractivity contribution in [2.75, 3.05) is 11.9 Å². The fourth-order valence-electron chi connectivity index (χ4n) is 4.86. The number of ether oxygens (including phenoxy) is 2. The summed E-state index contributed by atoms with van der Waals surface area (Å²) in [6.07, 6.45) is 6.05. The van der Waals surface area contributed by atoms with Gasteiger partial charge >= 0.3 is 17.7 Å². The van der Waals surface area contributed by atoms with Crippen LogP contribution in [0.3, 0.4) is 0 Å². The van der Waals surface area contributed by atoms with E-state index in [2.05, 4.69) is 15.3 Å². The highest BCUT2D eigenvalue weighted by Gasteiger charge is 2.52. The molecule has 9 nitrogen and oxygen atoms in total. The Balaban J connectivity index is 0.000000917. The Morgan fingerprint density at radius 2 is 2.00 bits per heavy atom. The van der Waals surface area contributed by atoms with Crippen LogP contribution in [0, 0.1) is 25.6 Å². The van der Waals surface area contributed by atoms with Crippen LogP contribution in [0.1, 0.15) is 50.2 Å². The monoisotopic (exact) mass is 504 g/mol. The zero-order valence-corrected chi connectivity index (χ0v) is 20.8. The van der Waals surface area contributed by atoms with E-state index in [1.807, 2.05) is 31.7 Å². The first kappa shape index (κ1) is 25.0. The predicted octanol–water partition coefficient (Wildman–Crippen LogP) is 4.23. The van der Waals surface area contributed by atoms with E-state index >= 15 is 0 Å². The smallest absolute Gasteiger partial charge is 0.410 e. The number of halogens is 1. The van der Waals surface area contributed by atoms with Crippen LogP contribution in [0.2, 0.25) is 0 Å². The number of aromatic nitrogens is 2. The number of nitrogens with zero attached hydrogens (tertiary/aromatic N) is 3. The van der Waals surface area contributed by atoms with Gasteiger partial charge < -0.3 is 19.7 Å². The molecular formula is C24H29FN4O5S. The molecule has 3 unspecified atom stereocenters. The number of nitrogens with one attached hydrogen (secondary N) is 1. The Labute approximate surface area is 207 Å². The molecule has 1 aromatic carbocycles. The number of hydrogen-bond acceptors (Lipinski definition) is 8. The average molecular weight is 505 g/mol. The van der Waals surface area contributed by atoms with E-state index in [4.69, 9.17) is 17.9 Å². The van der Waals surface area contributed by atoms with Crippen LogP contribution in [0.4, 0.5) is 20.7 Å². The first-order chi connectivity index (χ1) is 16.7. The third-order valence-electron chi connectivity index (χ3n) is 7.01. The fraction of sp³-hybridized carbons (Fsp3) is 0.542. The van der Waals surface area contributed by atoms with Gasteiger partial charge in [-0.25, -0.2) is 19.2 Å². The Morgan fingerprint density at radius 1 is 1.26 bits per heavy atom. The van der Waals surface area contributed by atoms with Crippen LogP contribution < -0.4 is 10.1 Å². The molecule has 3 atom stereocenters. The summed E-state index contributed by atoms with van der Waals surface area (Å²) in [5.41, 5.74) is 1.67. The molecule has 188 valence electrons. The molecule has 0 spiro atoms. The van der Waals surface area contributed by atoms with Crippen LogP contribution in [0.5, 0.6) is 5.88 Å². The lowest BCUT2D eigenvalue weighted by Gasteiger charge is -2.25. The van der Waals surface area contributed by atoms with Crippen molar-refractivity contribution in [2.45, 2.75) is 70.6 Å². The molecule has 2 bridgehead atoms. The van der Waals surface area contributed by atoms with Gasteiger partial charge in [0.05, 0.1) is 17.9 Å². The minimum absolute atomic E-state index is 0.149. The first-order valence-electron chi connectivity index (χ1n) is 11.7. The van der Waals surface area contributed by atoms with E-state index < -0.39 is 11.6 Å². The molecule has 1 aliphatic carbocycles. The fourth-order valence-corrected chi connectivity index (χ4v) is 4.86. The topological polar surface area (TPSA) is 111 Å². The molecule has 1 N–H and O–H groups in total. The molecule has 3 heterocycles. The molecule has 11 heteroatoms. The van der Waals surface area contributed by atoms with E-state index in [0.717, 1.165) is 37.7 Å². The highest BCUT2D eigenvalue weighted by molar-refractivity contribution is 7.51. The van der Waals surface area contributed by atoms with Crippen molar-refractivity contribution in [1.29, 1.82) is 0 Å². The number of fused-ring (bicyclic) bond motifs is 2. The summed E-state index contributed by atoms with van der Waals surface area (Å²) >= 11 is -0.750. The number of carbonyl (C=O) groups excluding carboxylic acids is 1. The van der Waals surface area contributed by atoms with Gasteiger partial charge in [0.25, 0.3) is 0 Å². The molecule has 3 fully saturated rings. The van der Waals surface area contributed by atoms with E-state index in [1.54, 1.807) is 6.07 Å². The minimum Gasteiger partial charge on any atom is -0.477 e. The van der Waals surface area contributed by atoms with Gasteiger partial charge in [-0.2, -0.15) is 8.42 Å².